The van der Waals surface area contributed by atoms with E-state index in [4.69, 9.17) is 4.74 Å². The van der Waals surface area contributed by atoms with Gasteiger partial charge in [-0.05, 0) is 80.2 Å². The van der Waals surface area contributed by atoms with Crippen LogP contribution in [-0.2, 0) is 9.53 Å². The Morgan fingerprint density at radius 2 is 1.81 bits per heavy atom. The minimum atomic E-state index is -0.906. The number of fused-ring (bicyclic) bond motifs is 5. The van der Waals surface area contributed by atoms with Crippen LogP contribution in [0.4, 0.5) is 0 Å². The van der Waals surface area contributed by atoms with E-state index in [0.717, 1.165) is 56.9 Å². The van der Waals surface area contributed by atoms with Gasteiger partial charge in [0.1, 0.15) is 11.7 Å². The van der Waals surface area contributed by atoms with Gasteiger partial charge in [-0.15, -0.1) is 0 Å². The van der Waals surface area contributed by atoms with Crippen molar-refractivity contribution in [3.05, 3.63) is 47.5 Å². The summed E-state index contributed by atoms with van der Waals surface area (Å²) in [5.41, 5.74) is 1.64. The van der Waals surface area contributed by atoms with Gasteiger partial charge in [-0.25, -0.2) is 0 Å². The molecular weight excluding hydrogens is 396 g/mol. The molecule has 3 nitrogen and oxygen atoms in total. The molecule has 6 unspecified atom stereocenters. The van der Waals surface area contributed by atoms with E-state index in [9.17, 15) is 9.90 Å². The summed E-state index contributed by atoms with van der Waals surface area (Å²) < 4.78 is 5.57. The first-order valence-electron chi connectivity index (χ1n) is 12.4. The minimum Gasteiger partial charge on any atom is -0.462 e. The highest BCUT2D eigenvalue weighted by Gasteiger charge is 2.63. The molecule has 0 bridgehead atoms. The molecule has 1 aromatic carbocycles. The third-order valence-corrected chi connectivity index (χ3v) is 9.73. The van der Waals surface area contributed by atoms with Gasteiger partial charge >= 0.3 is 5.97 Å². The lowest BCUT2D eigenvalue weighted by Crippen LogP contribution is -2.54. The van der Waals surface area contributed by atoms with Crippen LogP contribution >= 0.6 is 0 Å². The number of carbonyl (C=O) groups is 1. The minimum absolute atomic E-state index is 0.0436. The van der Waals surface area contributed by atoms with Crippen molar-refractivity contribution in [2.24, 2.45) is 28.6 Å². The van der Waals surface area contributed by atoms with E-state index in [2.05, 4.69) is 31.8 Å². The molecule has 0 spiro atoms. The van der Waals surface area contributed by atoms with Crippen LogP contribution in [0.25, 0.3) is 0 Å². The fraction of sp³-hybridized carbons (Fsp3) is 0.621. The van der Waals surface area contributed by atoms with Crippen molar-refractivity contribution >= 4 is 5.97 Å². The van der Waals surface area contributed by atoms with E-state index in [0.29, 0.717) is 17.8 Å². The topological polar surface area (TPSA) is 46.5 Å². The van der Waals surface area contributed by atoms with Crippen LogP contribution in [-0.4, -0.2) is 22.8 Å². The second-order valence-corrected chi connectivity index (χ2v) is 11.2. The van der Waals surface area contributed by atoms with Gasteiger partial charge in [0.25, 0.3) is 0 Å². The Morgan fingerprint density at radius 3 is 2.56 bits per heavy atom. The lowest BCUT2D eigenvalue weighted by molar-refractivity contribution is -0.149. The Labute approximate surface area is 192 Å². The average Bonchev–Trinajstić information content (AvgIpc) is 3.04. The van der Waals surface area contributed by atoms with Crippen LogP contribution in [0.3, 0.4) is 0 Å². The summed E-state index contributed by atoms with van der Waals surface area (Å²) in [5.74, 6) is 8.23. The van der Waals surface area contributed by atoms with Crippen molar-refractivity contribution in [1.29, 1.82) is 0 Å². The maximum absolute atomic E-state index is 11.8. The molecule has 0 saturated heterocycles. The molecule has 0 amide bonds. The summed E-state index contributed by atoms with van der Waals surface area (Å²) in [4.78, 5) is 11.5. The van der Waals surface area contributed by atoms with Crippen LogP contribution in [0.15, 0.2) is 42.0 Å². The number of benzene rings is 1. The number of rotatable bonds is 1. The zero-order valence-electron chi connectivity index (χ0n) is 19.7. The number of aliphatic hydroxyl groups is 1. The molecule has 3 fully saturated rings. The van der Waals surface area contributed by atoms with Gasteiger partial charge in [0, 0.05) is 24.3 Å². The fourth-order valence-electron chi connectivity index (χ4n) is 7.88. The number of hydrogen-bond acceptors (Lipinski definition) is 3. The summed E-state index contributed by atoms with van der Waals surface area (Å²) in [6.45, 7) is 6.28. The summed E-state index contributed by atoms with van der Waals surface area (Å²) >= 11 is 0. The number of allylic oxidation sites excluding steroid dienone is 1. The van der Waals surface area contributed by atoms with E-state index in [1.54, 1.807) is 0 Å². The van der Waals surface area contributed by atoms with E-state index < -0.39 is 5.60 Å². The second kappa shape index (κ2) is 7.77. The second-order valence-electron chi connectivity index (χ2n) is 11.2. The predicted octanol–water partition coefficient (Wildman–Crippen LogP) is 5.66. The molecule has 0 aliphatic heterocycles. The smallest absolute Gasteiger partial charge is 0.302 e. The third-order valence-electron chi connectivity index (χ3n) is 9.73. The number of carbonyl (C=O) groups excluding carboxylic acids is 1. The van der Waals surface area contributed by atoms with Crippen LogP contribution < -0.4 is 0 Å². The first kappa shape index (κ1) is 21.8. The van der Waals surface area contributed by atoms with E-state index in [1.165, 1.54) is 12.5 Å². The molecule has 1 aromatic rings. The van der Waals surface area contributed by atoms with Crippen LogP contribution in [0, 0.1) is 40.4 Å². The maximum Gasteiger partial charge on any atom is 0.302 e. The van der Waals surface area contributed by atoms with Crippen LogP contribution in [0.1, 0.15) is 77.7 Å². The molecule has 3 saturated carbocycles. The Morgan fingerprint density at radius 1 is 1.06 bits per heavy atom. The molecule has 32 heavy (non-hydrogen) atoms. The highest BCUT2D eigenvalue weighted by atomic mass is 16.5. The molecule has 3 heteroatoms. The predicted molar refractivity (Wildman–Crippen MR) is 126 cm³/mol. The highest BCUT2D eigenvalue weighted by Crippen LogP contribution is 2.67. The fourth-order valence-corrected chi connectivity index (χ4v) is 7.88. The van der Waals surface area contributed by atoms with Gasteiger partial charge in [-0.1, -0.05) is 55.5 Å². The van der Waals surface area contributed by atoms with Crippen LogP contribution in [0.2, 0.25) is 0 Å². The third kappa shape index (κ3) is 3.34. The van der Waals surface area contributed by atoms with Crippen LogP contribution in [0.5, 0.6) is 0 Å². The normalized spacial score (nSPS) is 42.4. The van der Waals surface area contributed by atoms with Gasteiger partial charge < -0.3 is 9.84 Å². The molecular formula is C29H36O3. The molecule has 5 rings (SSSR count). The Bertz CT molecular complexity index is 985. The van der Waals surface area contributed by atoms with Crippen molar-refractivity contribution < 1.29 is 14.6 Å². The quantitative estimate of drug-likeness (QED) is 0.354. The molecule has 4 aliphatic carbocycles. The Balaban J connectivity index is 1.40. The van der Waals surface area contributed by atoms with Crippen molar-refractivity contribution in [2.45, 2.75) is 83.8 Å². The van der Waals surface area contributed by atoms with Crippen molar-refractivity contribution in [1.82, 2.24) is 0 Å². The maximum atomic E-state index is 11.8. The van der Waals surface area contributed by atoms with Gasteiger partial charge in [0.05, 0.1) is 0 Å². The zero-order chi connectivity index (χ0) is 22.6. The van der Waals surface area contributed by atoms with Gasteiger partial charge in [-0.3, -0.25) is 4.79 Å². The summed E-state index contributed by atoms with van der Waals surface area (Å²) in [5, 5.41) is 11.8. The molecule has 7 atom stereocenters. The molecule has 1 N–H and O–H groups in total. The average molecular weight is 433 g/mol. The summed E-state index contributed by atoms with van der Waals surface area (Å²) in [6.07, 6.45) is 10.6. The highest BCUT2D eigenvalue weighted by molar-refractivity contribution is 5.66. The number of ether oxygens (including phenoxy) is 1. The summed E-state index contributed by atoms with van der Waals surface area (Å²) in [6, 6.07) is 10.0. The summed E-state index contributed by atoms with van der Waals surface area (Å²) in [7, 11) is 0. The Kier molecular flexibility index (Phi) is 5.29. The Hall–Kier alpha value is -2.05. The van der Waals surface area contributed by atoms with Crippen molar-refractivity contribution in [3.63, 3.8) is 0 Å². The van der Waals surface area contributed by atoms with Gasteiger partial charge in [0.2, 0.25) is 0 Å². The van der Waals surface area contributed by atoms with E-state index >= 15 is 0 Å². The van der Waals surface area contributed by atoms with Crippen molar-refractivity contribution in [2.75, 3.05) is 0 Å². The van der Waals surface area contributed by atoms with Gasteiger partial charge in [-0.2, -0.15) is 0 Å². The lowest BCUT2D eigenvalue weighted by Gasteiger charge is -2.58. The zero-order valence-corrected chi connectivity index (χ0v) is 19.7. The molecule has 0 heterocycles. The molecule has 0 radical (unpaired) electrons. The molecule has 4 aliphatic rings. The monoisotopic (exact) mass is 432 g/mol. The van der Waals surface area contributed by atoms with E-state index in [1.807, 2.05) is 30.3 Å². The van der Waals surface area contributed by atoms with Gasteiger partial charge in [0.15, 0.2) is 0 Å². The van der Waals surface area contributed by atoms with Crippen molar-refractivity contribution in [3.8, 4) is 11.8 Å². The SMILES string of the molecule is CC(=O)OC1CCC2(C)C(=CCC3C2CCC2(C)C3CC[C@@]2(O)C#Cc2ccccc2)C1. The largest absolute Gasteiger partial charge is 0.462 e. The standard InChI is InChI=1S/C29H36O3/c1-20(30)32-23-12-15-27(2)22(19-23)9-10-24-25(27)13-16-28(3)26(24)14-18-29(28,31)17-11-21-7-5-4-6-8-21/h4-9,23-26,31H,10,12-16,18-19H2,1-3H3/t23?,24?,25?,26?,27?,28?,29-/m0/s1. The number of esters is 1. The molecule has 170 valence electrons. The first-order valence-corrected chi connectivity index (χ1v) is 12.4. The molecule has 0 aromatic heterocycles. The first-order chi connectivity index (χ1) is 15.3. The lowest BCUT2D eigenvalue weighted by atomic mass is 9.47. The van der Waals surface area contributed by atoms with E-state index in [-0.39, 0.29) is 22.9 Å². The number of hydrogen-bond donors (Lipinski definition) is 1.